The number of ether oxygens (including phenoxy) is 1. The number of aliphatic hydroxyl groups excluding tert-OH is 1. The van der Waals surface area contributed by atoms with Crippen molar-refractivity contribution in [3.05, 3.63) is 44.0 Å². The van der Waals surface area contributed by atoms with Crippen molar-refractivity contribution in [2.75, 3.05) is 6.61 Å². The van der Waals surface area contributed by atoms with Gasteiger partial charge in [0.15, 0.2) is 6.10 Å². The summed E-state index contributed by atoms with van der Waals surface area (Å²) in [5, 5.41) is 9.09. The van der Waals surface area contributed by atoms with E-state index in [1.807, 2.05) is 0 Å². The molecular formula is C11H13N3O4. The van der Waals surface area contributed by atoms with Crippen LogP contribution in [0, 0.1) is 13.5 Å². The first-order chi connectivity index (χ1) is 8.56. The Balaban J connectivity index is 2.35. The Bertz CT molecular complexity index is 598. The summed E-state index contributed by atoms with van der Waals surface area (Å²) in [6.07, 6.45) is 0.517. The second-order valence-corrected chi connectivity index (χ2v) is 4.22. The fourth-order valence-electron chi connectivity index (χ4n) is 1.99. The van der Waals surface area contributed by atoms with E-state index in [0.717, 1.165) is 0 Å². The molecule has 2 N–H and O–H groups in total. The smallest absolute Gasteiger partial charge is 0.330 e. The number of aryl methyl sites for hydroxylation is 1. The van der Waals surface area contributed by atoms with Crippen LogP contribution in [0.5, 0.6) is 0 Å². The molecule has 1 aromatic heterocycles. The SMILES string of the molecule is [C-]#[N+]C1C[C@H](n2cc(C)c(=O)[nH]c2=O)O[C@@H]1CO. The Morgan fingerprint density at radius 1 is 1.67 bits per heavy atom. The maximum Gasteiger partial charge on any atom is 0.330 e. The predicted octanol–water partition coefficient (Wildman–Crippen LogP) is -0.587. The summed E-state index contributed by atoms with van der Waals surface area (Å²) in [7, 11) is 0. The average Bonchev–Trinajstić information content (AvgIpc) is 2.76. The van der Waals surface area contributed by atoms with Gasteiger partial charge in [0, 0.05) is 11.8 Å². The Kier molecular flexibility index (Phi) is 3.32. The first-order valence-electron chi connectivity index (χ1n) is 5.51. The van der Waals surface area contributed by atoms with Gasteiger partial charge < -0.3 is 14.7 Å². The van der Waals surface area contributed by atoms with E-state index in [9.17, 15) is 9.59 Å². The van der Waals surface area contributed by atoms with Crippen molar-refractivity contribution >= 4 is 0 Å². The van der Waals surface area contributed by atoms with E-state index in [4.69, 9.17) is 16.4 Å². The molecule has 1 saturated heterocycles. The van der Waals surface area contributed by atoms with Gasteiger partial charge in [-0.15, -0.1) is 0 Å². The third kappa shape index (κ3) is 2.08. The van der Waals surface area contributed by atoms with Gasteiger partial charge in [-0.25, -0.2) is 11.4 Å². The largest absolute Gasteiger partial charge is 0.393 e. The maximum absolute atomic E-state index is 11.7. The van der Waals surface area contributed by atoms with E-state index in [-0.39, 0.29) is 6.61 Å². The second kappa shape index (κ2) is 4.76. The van der Waals surface area contributed by atoms with Gasteiger partial charge in [-0.3, -0.25) is 14.3 Å². The van der Waals surface area contributed by atoms with Crippen molar-refractivity contribution in [3.8, 4) is 0 Å². The van der Waals surface area contributed by atoms with Gasteiger partial charge in [0.2, 0.25) is 0 Å². The Labute approximate surface area is 102 Å². The van der Waals surface area contributed by atoms with Crippen LogP contribution < -0.4 is 11.2 Å². The molecule has 1 fully saturated rings. The minimum absolute atomic E-state index is 0.263. The van der Waals surface area contributed by atoms with Gasteiger partial charge in [-0.2, -0.15) is 0 Å². The molecule has 1 aliphatic heterocycles. The van der Waals surface area contributed by atoms with Gasteiger partial charge in [-0.1, -0.05) is 0 Å². The average molecular weight is 251 g/mol. The Morgan fingerprint density at radius 2 is 2.39 bits per heavy atom. The summed E-state index contributed by atoms with van der Waals surface area (Å²) in [5.41, 5.74) is -0.613. The normalized spacial score (nSPS) is 27.1. The molecule has 0 saturated carbocycles. The molecule has 0 amide bonds. The van der Waals surface area contributed by atoms with Crippen molar-refractivity contribution in [2.45, 2.75) is 31.7 Å². The van der Waals surface area contributed by atoms with E-state index in [0.29, 0.717) is 12.0 Å². The summed E-state index contributed by atoms with van der Waals surface area (Å²) in [5.74, 6) is 0. The van der Waals surface area contributed by atoms with Crippen LogP contribution in [0.3, 0.4) is 0 Å². The number of aliphatic hydroxyl groups is 1. The topological polar surface area (TPSA) is 88.7 Å². The second-order valence-electron chi connectivity index (χ2n) is 4.22. The highest BCUT2D eigenvalue weighted by Crippen LogP contribution is 2.29. The van der Waals surface area contributed by atoms with Crippen LogP contribution in [-0.4, -0.2) is 33.4 Å². The fraction of sp³-hybridized carbons (Fsp3) is 0.545. The lowest BCUT2D eigenvalue weighted by Crippen LogP contribution is -2.33. The molecule has 3 atom stereocenters. The van der Waals surface area contributed by atoms with Gasteiger partial charge in [-0.05, 0) is 6.92 Å². The summed E-state index contributed by atoms with van der Waals surface area (Å²) < 4.78 is 6.71. The number of hydrogen-bond donors (Lipinski definition) is 2. The number of nitrogens with zero attached hydrogens (tertiary/aromatic N) is 2. The van der Waals surface area contributed by atoms with Gasteiger partial charge in [0.1, 0.15) is 6.23 Å². The molecule has 2 heterocycles. The molecule has 96 valence electrons. The predicted molar refractivity (Wildman–Crippen MR) is 62.1 cm³/mol. The lowest BCUT2D eigenvalue weighted by Gasteiger charge is -2.13. The van der Waals surface area contributed by atoms with Gasteiger partial charge in [0.05, 0.1) is 13.0 Å². The third-order valence-electron chi connectivity index (χ3n) is 3.01. The summed E-state index contributed by atoms with van der Waals surface area (Å²) in [4.78, 5) is 28.5. The van der Waals surface area contributed by atoms with Crippen molar-refractivity contribution in [2.24, 2.45) is 0 Å². The molecule has 0 aliphatic carbocycles. The quantitative estimate of drug-likeness (QED) is 0.688. The Morgan fingerprint density at radius 3 is 2.94 bits per heavy atom. The molecule has 0 spiro atoms. The highest BCUT2D eigenvalue weighted by Gasteiger charge is 2.40. The zero-order valence-electron chi connectivity index (χ0n) is 9.79. The van der Waals surface area contributed by atoms with E-state index in [2.05, 4.69) is 9.83 Å². The first kappa shape index (κ1) is 12.5. The summed E-state index contributed by atoms with van der Waals surface area (Å²) >= 11 is 0. The van der Waals surface area contributed by atoms with Gasteiger partial charge in [0.25, 0.3) is 11.6 Å². The lowest BCUT2D eigenvalue weighted by atomic mass is 10.1. The van der Waals surface area contributed by atoms with E-state index >= 15 is 0 Å². The lowest BCUT2D eigenvalue weighted by molar-refractivity contribution is -0.0255. The minimum Gasteiger partial charge on any atom is -0.393 e. The molecule has 7 nitrogen and oxygen atoms in total. The summed E-state index contributed by atoms with van der Waals surface area (Å²) in [6, 6.07) is -0.473. The minimum atomic E-state index is -0.621. The molecule has 0 radical (unpaired) electrons. The van der Waals surface area contributed by atoms with Gasteiger partial charge >= 0.3 is 5.69 Å². The standard InChI is InChI=1S/C11H13N3O4/c1-6-4-14(11(17)13-10(6)16)9-3-7(12-2)8(5-15)18-9/h4,7-9,15H,3,5H2,1H3,(H,13,16,17)/t7?,8-,9-/m1/s1. The van der Waals surface area contributed by atoms with Crippen LogP contribution in [0.15, 0.2) is 15.8 Å². The molecule has 1 aliphatic rings. The van der Waals surface area contributed by atoms with Crippen molar-refractivity contribution in [3.63, 3.8) is 0 Å². The van der Waals surface area contributed by atoms with Crippen LogP contribution in [0.1, 0.15) is 18.2 Å². The number of aromatic amines is 1. The summed E-state index contributed by atoms with van der Waals surface area (Å²) in [6.45, 7) is 8.32. The molecule has 0 aromatic carbocycles. The monoisotopic (exact) mass is 251 g/mol. The molecular weight excluding hydrogens is 238 g/mol. The van der Waals surface area contributed by atoms with E-state index in [1.54, 1.807) is 6.92 Å². The number of aromatic nitrogens is 2. The van der Waals surface area contributed by atoms with Crippen molar-refractivity contribution in [1.82, 2.24) is 9.55 Å². The van der Waals surface area contributed by atoms with Crippen molar-refractivity contribution < 1.29 is 9.84 Å². The zero-order chi connectivity index (χ0) is 13.3. The third-order valence-corrected chi connectivity index (χ3v) is 3.01. The number of rotatable bonds is 2. The van der Waals surface area contributed by atoms with Crippen LogP contribution in [0.25, 0.3) is 4.85 Å². The number of hydrogen-bond acceptors (Lipinski definition) is 4. The van der Waals surface area contributed by atoms with E-state index < -0.39 is 29.6 Å². The highest BCUT2D eigenvalue weighted by atomic mass is 16.5. The van der Waals surface area contributed by atoms with Crippen LogP contribution in [0.2, 0.25) is 0 Å². The van der Waals surface area contributed by atoms with Crippen LogP contribution in [-0.2, 0) is 4.74 Å². The zero-order valence-corrected chi connectivity index (χ0v) is 9.79. The van der Waals surface area contributed by atoms with Crippen LogP contribution >= 0.6 is 0 Å². The maximum atomic E-state index is 11.7. The van der Waals surface area contributed by atoms with Crippen LogP contribution in [0.4, 0.5) is 0 Å². The molecule has 7 heteroatoms. The molecule has 18 heavy (non-hydrogen) atoms. The molecule has 1 unspecified atom stereocenters. The fourth-order valence-corrected chi connectivity index (χ4v) is 1.99. The first-order valence-corrected chi connectivity index (χ1v) is 5.51. The Hall–Kier alpha value is -1.91. The number of nitrogens with one attached hydrogen (secondary N) is 1. The molecule has 1 aromatic rings. The molecule has 0 bridgehead atoms. The van der Waals surface area contributed by atoms with Crippen molar-refractivity contribution in [1.29, 1.82) is 0 Å². The highest BCUT2D eigenvalue weighted by molar-refractivity contribution is 5.03. The number of H-pyrrole nitrogens is 1. The molecule has 2 rings (SSSR count). The van der Waals surface area contributed by atoms with E-state index in [1.165, 1.54) is 10.8 Å².